The maximum atomic E-state index is 11.5. The number of anilines is 1. The van der Waals surface area contributed by atoms with E-state index < -0.39 is 0 Å². The lowest BCUT2D eigenvalue weighted by Crippen LogP contribution is -2.50. The fourth-order valence-corrected chi connectivity index (χ4v) is 4.75. The van der Waals surface area contributed by atoms with E-state index in [1.807, 2.05) is 15.6 Å². The van der Waals surface area contributed by atoms with Crippen molar-refractivity contribution in [3.63, 3.8) is 0 Å². The SMILES string of the molecule is CC(C)CN1CC[C@@H](Cc2ccn3ncc(N4CCC(=O)NC4=N)c3c2)C[C@H]1C. The molecule has 2 aliphatic heterocycles. The Labute approximate surface area is 172 Å². The second-order valence-corrected chi connectivity index (χ2v) is 9.03. The molecule has 2 aromatic rings. The van der Waals surface area contributed by atoms with Gasteiger partial charge in [-0.15, -0.1) is 0 Å². The molecule has 29 heavy (non-hydrogen) atoms. The second-order valence-electron chi connectivity index (χ2n) is 9.03. The van der Waals surface area contributed by atoms with Crippen LogP contribution in [-0.4, -0.2) is 52.1 Å². The van der Waals surface area contributed by atoms with Crippen LogP contribution in [0.1, 0.15) is 45.6 Å². The zero-order chi connectivity index (χ0) is 20.5. The van der Waals surface area contributed by atoms with Gasteiger partial charge >= 0.3 is 0 Å². The van der Waals surface area contributed by atoms with Gasteiger partial charge < -0.3 is 9.80 Å². The van der Waals surface area contributed by atoms with Crippen LogP contribution in [0.4, 0.5) is 5.69 Å². The fraction of sp³-hybridized carbons (Fsp3) is 0.591. The third-order valence-electron chi connectivity index (χ3n) is 6.19. The van der Waals surface area contributed by atoms with Crippen LogP contribution in [0.5, 0.6) is 0 Å². The van der Waals surface area contributed by atoms with Gasteiger partial charge in [0.2, 0.25) is 11.9 Å². The minimum Gasteiger partial charge on any atom is -0.309 e. The molecule has 4 heterocycles. The van der Waals surface area contributed by atoms with E-state index in [-0.39, 0.29) is 11.9 Å². The zero-order valence-corrected chi connectivity index (χ0v) is 17.7. The summed E-state index contributed by atoms with van der Waals surface area (Å²) in [6.07, 6.45) is 7.76. The Morgan fingerprint density at radius 2 is 2.17 bits per heavy atom. The highest BCUT2D eigenvalue weighted by Gasteiger charge is 2.27. The first-order valence-electron chi connectivity index (χ1n) is 10.8. The monoisotopic (exact) mass is 396 g/mol. The van der Waals surface area contributed by atoms with Gasteiger partial charge in [-0.1, -0.05) is 13.8 Å². The summed E-state index contributed by atoms with van der Waals surface area (Å²) in [6, 6.07) is 5.01. The Kier molecular flexibility index (Phi) is 5.58. The van der Waals surface area contributed by atoms with E-state index in [2.05, 4.69) is 48.2 Å². The number of pyridine rings is 1. The number of aromatic nitrogens is 2. The van der Waals surface area contributed by atoms with E-state index in [4.69, 9.17) is 5.41 Å². The van der Waals surface area contributed by atoms with E-state index in [1.54, 1.807) is 6.20 Å². The lowest BCUT2D eigenvalue weighted by molar-refractivity contribution is -0.119. The van der Waals surface area contributed by atoms with Gasteiger partial charge in [0.1, 0.15) is 0 Å². The fourth-order valence-electron chi connectivity index (χ4n) is 4.75. The van der Waals surface area contributed by atoms with Crippen molar-refractivity contribution in [3.8, 4) is 0 Å². The molecule has 2 atom stereocenters. The highest BCUT2D eigenvalue weighted by Crippen LogP contribution is 2.29. The maximum absolute atomic E-state index is 11.5. The average Bonchev–Trinajstić information content (AvgIpc) is 3.07. The van der Waals surface area contributed by atoms with Crippen molar-refractivity contribution in [2.75, 3.05) is 24.5 Å². The largest absolute Gasteiger partial charge is 0.309 e. The number of amides is 1. The molecule has 7 heteroatoms. The maximum Gasteiger partial charge on any atom is 0.228 e. The Bertz CT molecular complexity index is 904. The lowest BCUT2D eigenvalue weighted by atomic mass is 9.86. The van der Waals surface area contributed by atoms with Gasteiger partial charge in [0, 0.05) is 31.7 Å². The van der Waals surface area contributed by atoms with Crippen molar-refractivity contribution in [2.45, 2.75) is 52.5 Å². The summed E-state index contributed by atoms with van der Waals surface area (Å²) in [4.78, 5) is 16.0. The summed E-state index contributed by atoms with van der Waals surface area (Å²) in [5.74, 6) is 1.46. The van der Waals surface area contributed by atoms with Gasteiger partial charge in [-0.25, -0.2) is 4.52 Å². The van der Waals surface area contributed by atoms with E-state index in [0.29, 0.717) is 24.9 Å². The van der Waals surface area contributed by atoms with Crippen molar-refractivity contribution in [1.29, 1.82) is 5.41 Å². The van der Waals surface area contributed by atoms with Gasteiger partial charge in [-0.05, 0) is 62.3 Å². The minimum absolute atomic E-state index is 0.0960. The average molecular weight is 397 g/mol. The predicted molar refractivity (Wildman–Crippen MR) is 115 cm³/mol. The zero-order valence-electron chi connectivity index (χ0n) is 17.7. The van der Waals surface area contributed by atoms with Crippen LogP contribution in [-0.2, 0) is 11.2 Å². The molecule has 0 aliphatic carbocycles. The van der Waals surface area contributed by atoms with Gasteiger partial charge in [0.25, 0.3) is 0 Å². The summed E-state index contributed by atoms with van der Waals surface area (Å²) in [7, 11) is 0. The third-order valence-corrected chi connectivity index (χ3v) is 6.19. The smallest absolute Gasteiger partial charge is 0.228 e. The Morgan fingerprint density at radius 1 is 1.34 bits per heavy atom. The van der Waals surface area contributed by atoms with Crippen molar-refractivity contribution < 1.29 is 4.79 Å². The van der Waals surface area contributed by atoms with Crippen molar-refractivity contribution in [3.05, 3.63) is 30.1 Å². The van der Waals surface area contributed by atoms with Crippen LogP contribution in [0, 0.1) is 17.2 Å². The molecule has 0 aromatic carbocycles. The number of carbonyl (C=O) groups is 1. The number of guanidine groups is 1. The molecule has 7 nitrogen and oxygen atoms in total. The number of piperidine rings is 1. The molecular formula is C22H32N6O. The summed E-state index contributed by atoms with van der Waals surface area (Å²) >= 11 is 0. The Morgan fingerprint density at radius 3 is 2.90 bits per heavy atom. The molecule has 0 radical (unpaired) electrons. The molecule has 156 valence electrons. The quantitative estimate of drug-likeness (QED) is 0.815. The molecule has 4 rings (SSSR count). The number of fused-ring (bicyclic) bond motifs is 1. The number of rotatable bonds is 5. The molecule has 0 saturated carbocycles. The summed E-state index contributed by atoms with van der Waals surface area (Å²) in [5, 5.41) is 15.2. The highest BCUT2D eigenvalue weighted by molar-refractivity contribution is 6.08. The van der Waals surface area contributed by atoms with Crippen LogP contribution in [0.15, 0.2) is 24.5 Å². The molecule has 1 amide bonds. The topological polar surface area (TPSA) is 76.7 Å². The third kappa shape index (κ3) is 4.29. The predicted octanol–water partition coefficient (Wildman–Crippen LogP) is 2.89. The van der Waals surface area contributed by atoms with E-state index in [0.717, 1.165) is 23.5 Å². The second kappa shape index (κ2) is 8.14. The van der Waals surface area contributed by atoms with E-state index >= 15 is 0 Å². The summed E-state index contributed by atoms with van der Waals surface area (Å²) in [5.41, 5.74) is 3.20. The molecule has 2 N–H and O–H groups in total. The van der Waals surface area contributed by atoms with Gasteiger partial charge in [-0.3, -0.25) is 15.5 Å². The van der Waals surface area contributed by atoms with Gasteiger partial charge in [-0.2, -0.15) is 5.10 Å². The molecule has 0 spiro atoms. The number of nitrogens with one attached hydrogen (secondary N) is 2. The molecular weight excluding hydrogens is 364 g/mol. The first kappa shape index (κ1) is 19.9. The molecule has 2 aliphatic rings. The highest BCUT2D eigenvalue weighted by atomic mass is 16.2. The van der Waals surface area contributed by atoms with Crippen molar-refractivity contribution >= 4 is 23.1 Å². The number of carbonyl (C=O) groups excluding carboxylic acids is 1. The molecule has 2 aromatic heterocycles. The molecule has 2 saturated heterocycles. The Hall–Kier alpha value is -2.41. The van der Waals surface area contributed by atoms with Crippen molar-refractivity contribution in [2.24, 2.45) is 11.8 Å². The van der Waals surface area contributed by atoms with Gasteiger partial charge in [0.05, 0.1) is 17.4 Å². The molecule has 0 bridgehead atoms. The van der Waals surface area contributed by atoms with Gasteiger partial charge in [0.15, 0.2) is 0 Å². The number of likely N-dealkylation sites (tertiary alicyclic amines) is 1. The van der Waals surface area contributed by atoms with Crippen LogP contribution >= 0.6 is 0 Å². The summed E-state index contributed by atoms with van der Waals surface area (Å²) < 4.78 is 1.86. The Balaban J connectivity index is 1.48. The number of nitrogens with zero attached hydrogens (tertiary/aromatic N) is 4. The lowest BCUT2D eigenvalue weighted by Gasteiger charge is -2.38. The molecule has 2 fully saturated rings. The van der Waals surface area contributed by atoms with Crippen molar-refractivity contribution in [1.82, 2.24) is 19.8 Å². The molecule has 0 unspecified atom stereocenters. The number of hydrogen-bond donors (Lipinski definition) is 2. The first-order chi connectivity index (χ1) is 13.9. The van der Waals surface area contributed by atoms with E-state index in [1.165, 1.54) is 31.5 Å². The van der Waals surface area contributed by atoms with Crippen LogP contribution in [0.2, 0.25) is 0 Å². The van der Waals surface area contributed by atoms with Crippen LogP contribution in [0.25, 0.3) is 5.52 Å². The standard InChI is InChI=1S/C22H32N6O/c1-15(2)14-26-7-4-17(10-16(26)3)11-18-5-9-28-19(12-18)20(13-24-28)27-8-6-21(29)25-22(27)23/h5,9,12-13,15-17H,4,6-8,10-11,14H2,1-3H3,(H2,23,25,29)/t16-,17-/m1/s1. The van der Waals surface area contributed by atoms with Crippen LogP contribution < -0.4 is 10.2 Å². The number of hydrogen-bond acceptors (Lipinski definition) is 4. The van der Waals surface area contributed by atoms with Crippen LogP contribution in [0.3, 0.4) is 0 Å². The van der Waals surface area contributed by atoms with E-state index in [9.17, 15) is 4.79 Å². The minimum atomic E-state index is -0.0960. The first-order valence-corrected chi connectivity index (χ1v) is 10.8. The normalized spacial score (nSPS) is 23.8. The summed E-state index contributed by atoms with van der Waals surface area (Å²) in [6.45, 7) is 9.85.